The van der Waals surface area contributed by atoms with Crippen molar-refractivity contribution in [1.29, 1.82) is 0 Å². The van der Waals surface area contributed by atoms with E-state index in [2.05, 4.69) is 22.6 Å². The largest absolute Gasteiger partial charge is 0.743 e. The molecule has 0 aliphatic heterocycles. The van der Waals surface area contributed by atoms with Crippen molar-refractivity contribution >= 4 is 22.0 Å². The number of halogens is 7. The van der Waals surface area contributed by atoms with E-state index < -0.39 is 64.6 Å². The SMILES string of the molecule is C=CNC(=O)C(OCCCC(F)(F)C(F)(F)S(=O)(=O)[O-])(OC(=O)C=C)C(F)(F)F. The molecule has 0 aromatic rings. The average molecular weight is 460 g/mol. The van der Waals surface area contributed by atoms with Crippen LogP contribution in [0.4, 0.5) is 30.7 Å². The maximum Gasteiger partial charge on any atom is 0.466 e. The Kier molecular flexibility index (Phi) is 8.39. The number of esters is 1. The molecule has 1 N–H and O–H groups in total. The molecule has 1 atom stereocenters. The number of ether oxygens (including phenoxy) is 2. The zero-order chi connectivity index (χ0) is 23.3. The van der Waals surface area contributed by atoms with Gasteiger partial charge in [0.05, 0.1) is 6.61 Å². The standard InChI is InChI=1S/C13H14F7NO7S/c1-3-8(22)28-11(12(16,17)18,9(23)21-4-2)27-7-5-6-10(14,15)13(19,20)29(24,25)26/h3-4H,1-2,5-7H2,(H,21,23)(H,24,25,26)/p-1. The second kappa shape index (κ2) is 9.08. The first kappa shape index (κ1) is 26.8. The number of hydrogen-bond acceptors (Lipinski definition) is 7. The van der Waals surface area contributed by atoms with Crippen molar-refractivity contribution < 1.29 is 62.8 Å². The van der Waals surface area contributed by atoms with Gasteiger partial charge in [-0.25, -0.2) is 13.2 Å². The van der Waals surface area contributed by atoms with Crippen LogP contribution in [-0.2, 0) is 29.2 Å². The molecule has 168 valence electrons. The van der Waals surface area contributed by atoms with Crippen LogP contribution >= 0.6 is 0 Å². The molecule has 0 aromatic carbocycles. The van der Waals surface area contributed by atoms with Crippen molar-refractivity contribution in [3.05, 3.63) is 25.4 Å². The first-order chi connectivity index (χ1) is 12.9. The number of nitrogens with one attached hydrogen (secondary N) is 1. The van der Waals surface area contributed by atoms with E-state index in [9.17, 15) is 53.3 Å². The summed E-state index contributed by atoms with van der Waals surface area (Å²) in [6.07, 6.45) is -8.69. The average Bonchev–Trinajstić information content (AvgIpc) is 2.55. The molecule has 0 saturated carbocycles. The molecule has 0 rings (SSSR count). The minimum absolute atomic E-state index is 0.207. The highest BCUT2D eigenvalue weighted by Crippen LogP contribution is 2.42. The number of alkyl halides is 7. The van der Waals surface area contributed by atoms with E-state index in [0.29, 0.717) is 6.20 Å². The summed E-state index contributed by atoms with van der Waals surface area (Å²) >= 11 is 0. The number of carbonyl (C=O) groups excluding carboxylic acids is 2. The molecule has 0 spiro atoms. The second-order valence-corrected chi connectivity index (χ2v) is 6.47. The van der Waals surface area contributed by atoms with Crippen LogP contribution in [0.15, 0.2) is 25.4 Å². The van der Waals surface area contributed by atoms with E-state index in [-0.39, 0.29) is 6.08 Å². The van der Waals surface area contributed by atoms with Gasteiger partial charge >= 0.3 is 35.0 Å². The third kappa shape index (κ3) is 5.89. The fourth-order valence-corrected chi connectivity index (χ4v) is 2.09. The Bertz CT molecular complexity index is 751. The Morgan fingerprint density at radius 2 is 1.59 bits per heavy atom. The molecule has 0 saturated heterocycles. The highest BCUT2D eigenvalue weighted by molar-refractivity contribution is 7.86. The van der Waals surface area contributed by atoms with Crippen molar-refractivity contribution in [2.75, 3.05) is 6.61 Å². The molecule has 0 heterocycles. The van der Waals surface area contributed by atoms with Gasteiger partial charge in [0, 0.05) is 12.5 Å². The summed E-state index contributed by atoms with van der Waals surface area (Å²) in [7, 11) is -6.80. The minimum atomic E-state index is -6.80. The molecule has 0 radical (unpaired) electrons. The summed E-state index contributed by atoms with van der Waals surface area (Å²) in [5.74, 6) is -13.9. The summed E-state index contributed by atoms with van der Waals surface area (Å²) in [6.45, 7) is 4.13. The molecule has 29 heavy (non-hydrogen) atoms. The summed E-state index contributed by atoms with van der Waals surface area (Å²) in [4.78, 5) is 22.9. The van der Waals surface area contributed by atoms with Crippen LogP contribution in [-0.4, -0.2) is 54.6 Å². The molecule has 1 amide bonds. The van der Waals surface area contributed by atoms with Crippen molar-refractivity contribution in [2.24, 2.45) is 0 Å². The highest BCUT2D eigenvalue weighted by atomic mass is 32.2. The molecular weight excluding hydrogens is 447 g/mol. The zero-order valence-corrected chi connectivity index (χ0v) is 14.9. The summed E-state index contributed by atoms with van der Waals surface area (Å²) < 4.78 is 131. The third-order valence-corrected chi connectivity index (χ3v) is 3.92. The van der Waals surface area contributed by atoms with Crippen LogP contribution in [0.1, 0.15) is 12.8 Å². The van der Waals surface area contributed by atoms with Gasteiger partial charge < -0.3 is 19.3 Å². The van der Waals surface area contributed by atoms with E-state index in [1.807, 2.05) is 0 Å². The van der Waals surface area contributed by atoms with Crippen LogP contribution in [0.2, 0.25) is 0 Å². The van der Waals surface area contributed by atoms with Gasteiger partial charge in [0.15, 0.2) is 10.1 Å². The van der Waals surface area contributed by atoms with E-state index in [4.69, 9.17) is 0 Å². The Balaban J connectivity index is 5.59. The lowest BCUT2D eigenvalue weighted by Crippen LogP contribution is -2.60. The molecule has 16 heteroatoms. The van der Waals surface area contributed by atoms with Crippen molar-refractivity contribution in [2.45, 2.75) is 36.0 Å². The molecule has 1 unspecified atom stereocenters. The van der Waals surface area contributed by atoms with Gasteiger partial charge in [0.25, 0.3) is 0 Å². The molecule has 0 bridgehead atoms. The minimum Gasteiger partial charge on any atom is -0.743 e. The van der Waals surface area contributed by atoms with Gasteiger partial charge in [0.1, 0.15) is 0 Å². The lowest BCUT2D eigenvalue weighted by molar-refractivity contribution is -0.347. The van der Waals surface area contributed by atoms with Crippen LogP contribution in [0, 0.1) is 0 Å². The van der Waals surface area contributed by atoms with Crippen LogP contribution in [0.25, 0.3) is 0 Å². The topological polar surface area (TPSA) is 122 Å². The highest BCUT2D eigenvalue weighted by Gasteiger charge is 2.66. The molecular formula is C13H13F7NO7S-. The van der Waals surface area contributed by atoms with Gasteiger partial charge in [-0.2, -0.15) is 30.7 Å². The van der Waals surface area contributed by atoms with E-state index in [1.165, 1.54) is 5.32 Å². The normalized spacial score (nSPS) is 15.2. The Hall–Kier alpha value is -2.20. The Morgan fingerprint density at radius 1 is 1.07 bits per heavy atom. The van der Waals surface area contributed by atoms with Crippen LogP contribution in [0.3, 0.4) is 0 Å². The number of rotatable bonds is 11. The van der Waals surface area contributed by atoms with Crippen molar-refractivity contribution in [3.63, 3.8) is 0 Å². The van der Waals surface area contributed by atoms with E-state index in [0.717, 1.165) is 0 Å². The number of carbonyl (C=O) groups is 2. The first-order valence-electron chi connectivity index (χ1n) is 7.08. The van der Waals surface area contributed by atoms with E-state index in [1.54, 1.807) is 0 Å². The van der Waals surface area contributed by atoms with Crippen molar-refractivity contribution in [3.8, 4) is 0 Å². The maximum atomic E-state index is 13.3. The maximum absolute atomic E-state index is 13.3. The van der Waals surface area contributed by atoms with Gasteiger partial charge in [-0.05, 0) is 12.6 Å². The summed E-state index contributed by atoms with van der Waals surface area (Å²) in [6, 6.07) is 0. The fourth-order valence-electron chi connectivity index (χ4n) is 1.62. The zero-order valence-electron chi connectivity index (χ0n) is 14.1. The van der Waals surface area contributed by atoms with Crippen LogP contribution < -0.4 is 5.32 Å². The van der Waals surface area contributed by atoms with Crippen LogP contribution in [0.5, 0.6) is 0 Å². The summed E-state index contributed by atoms with van der Waals surface area (Å²) in [5, 5.41) is -4.66. The lowest BCUT2D eigenvalue weighted by atomic mass is 10.2. The first-order valence-corrected chi connectivity index (χ1v) is 8.49. The summed E-state index contributed by atoms with van der Waals surface area (Å²) in [5.41, 5.74) is 0. The third-order valence-electron chi connectivity index (χ3n) is 3.00. The fraction of sp³-hybridized carbons (Fsp3) is 0.538. The molecule has 0 fully saturated rings. The molecule has 0 aromatic heterocycles. The van der Waals surface area contributed by atoms with E-state index >= 15 is 0 Å². The van der Waals surface area contributed by atoms with Gasteiger partial charge in [-0.3, -0.25) is 4.79 Å². The van der Waals surface area contributed by atoms with Gasteiger partial charge in [-0.1, -0.05) is 13.2 Å². The Morgan fingerprint density at radius 3 is 1.97 bits per heavy atom. The predicted molar refractivity (Wildman–Crippen MR) is 78.2 cm³/mol. The molecule has 0 aliphatic rings. The second-order valence-electron chi connectivity index (χ2n) is 5.04. The number of hydrogen-bond donors (Lipinski definition) is 1. The number of amides is 1. The monoisotopic (exact) mass is 460 g/mol. The van der Waals surface area contributed by atoms with Gasteiger partial charge in [0.2, 0.25) is 0 Å². The predicted octanol–water partition coefficient (Wildman–Crippen LogP) is 1.80. The van der Waals surface area contributed by atoms with Crippen molar-refractivity contribution in [1.82, 2.24) is 5.32 Å². The molecule has 0 aliphatic carbocycles. The molecule has 8 nitrogen and oxygen atoms in total. The van der Waals surface area contributed by atoms with Gasteiger partial charge in [-0.15, -0.1) is 0 Å². The Labute approximate surface area is 159 Å². The lowest BCUT2D eigenvalue weighted by Gasteiger charge is -2.33. The smallest absolute Gasteiger partial charge is 0.466 e. The quantitative estimate of drug-likeness (QED) is 0.125.